The quantitative estimate of drug-likeness (QED) is 0.613. The van der Waals surface area contributed by atoms with Crippen LogP contribution in [0.1, 0.15) is 54.4 Å². The van der Waals surface area contributed by atoms with Crippen LogP contribution in [-0.4, -0.2) is 42.1 Å². The molecule has 134 valence electrons. The van der Waals surface area contributed by atoms with Crippen LogP contribution < -0.4 is 11.0 Å². The van der Waals surface area contributed by atoms with Gasteiger partial charge in [0.2, 0.25) is 5.91 Å². The summed E-state index contributed by atoms with van der Waals surface area (Å²) in [5, 5.41) is 2.55. The van der Waals surface area contributed by atoms with E-state index in [-0.39, 0.29) is 25.4 Å². The number of carbonyl (C=O) groups is 3. The first-order valence-corrected chi connectivity index (χ1v) is 7.88. The zero-order valence-corrected chi connectivity index (χ0v) is 14.9. The van der Waals surface area contributed by atoms with Crippen molar-refractivity contribution in [2.45, 2.75) is 72.1 Å². The molecule has 0 rings (SSSR count). The van der Waals surface area contributed by atoms with Crippen LogP contribution in [0.4, 0.5) is 0 Å². The van der Waals surface area contributed by atoms with E-state index in [0.29, 0.717) is 0 Å². The SMILES string of the molecule is [2H]N[C@H](C(=O)N[C@@H](CCC(=O)OC(C)(C)C)C(=O)OCC)C(C)C. The molecule has 23 heavy (non-hydrogen) atoms. The fourth-order valence-electron chi connectivity index (χ4n) is 1.71. The van der Waals surface area contributed by atoms with Crippen LogP contribution in [-0.2, 0) is 23.9 Å². The molecular formula is C16H30N2O5. The molecule has 0 radical (unpaired) electrons. The number of nitrogens with one attached hydrogen (secondary N) is 1. The Bertz CT molecular complexity index is 435. The van der Waals surface area contributed by atoms with E-state index >= 15 is 0 Å². The molecule has 0 fully saturated rings. The van der Waals surface area contributed by atoms with Crippen LogP contribution in [0, 0.1) is 5.92 Å². The molecule has 0 spiro atoms. The average molecular weight is 331 g/mol. The van der Waals surface area contributed by atoms with Gasteiger partial charge in [0.25, 0.3) is 0 Å². The highest BCUT2D eigenvalue weighted by molar-refractivity contribution is 5.87. The minimum atomic E-state index is -0.959. The van der Waals surface area contributed by atoms with Crippen molar-refractivity contribution < 1.29 is 25.3 Å². The van der Waals surface area contributed by atoms with Gasteiger partial charge in [-0.15, -0.1) is 0 Å². The summed E-state index contributed by atoms with van der Waals surface area (Å²) in [4.78, 5) is 36.0. The highest BCUT2D eigenvalue weighted by Gasteiger charge is 2.27. The van der Waals surface area contributed by atoms with Crippen molar-refractivity contribution in [3.63, 3.8) is 0 Å². The molecule has 2 atom stereocenters. The van der Waals surface area contributed by atoms with Crippen molar-refractivity contribution >= 4 is 17.8 Å². The van der Waals surface area contributed by atoms with Gasteiger partial charge < -0.3 is 20.5 Å². The van der Waals surface area contributed by atoms with Crippen molar-refractivity contribution in [2.75, 3.05) is 6.61 Å². The summed E-state index contributed by atoms with van der Waals surface area (Å²) in [7, 11) is 0. The van der Waals surface area contributed by atoms with Crippen LogP contribution in [0.25, 0.3) is 0 Å². The number of amides is 1. The molecular weight excluding hydrogens is 300 g/mol. The van der Waals surface area contributed by atoms with Gasteiger partial charge in [-0.05, 0) is 40.0 Å². The fraction of sp³-hybridized carbons (Fsp3) is 0.812. The van der Waals surface area contributed by atoms with Crippen molar-refractivity contribution in [3.05, 3.63) is 0 Å². The van der Waals surface area contributed by atoms with Gasteiger partial charge in [-0.3, -0.25) is 9.59 Å². The average Bonchev–Trinajstić information content (AvgIpc) is 2.41. The van der Waals surface area contributed by atoms with Gasteiger partial charge >= 0.3 is 11.9 Å². The highest BCUT2D eigenvalue weighted by Crippen LogP contribution is 2.11. The monoisotopic (exact) mass is 331 g/mol. The lowest BCUT2D eigenvalue weighted by molar-refractivity contribution is -0.155. The second kappa shape index (κ2) is 9.50. The summed E-state index contributed by atoms with van der Waals surface area (Å²) >= 11 is 0. The summed E-state index contributed by atoms with van der Waals surface area (Å²) in [6.45, 7) is 10.7. The molecule has 0 aliphatic heterocycles. The number of hydrogen-bond donors (Lipinski definition) is 2. The van der Waals surface area contributed by atoms with E-state index in [4.69, 9.17) is 10.9 Å². The minimum Gasteiger partial charge on any atom is -0.464 e. The van der Waals surface area contributed by atoms with Crippen molar-refractivity contribution in [1.82, 2.24) is 5.32 Å². The van der Waals surface area contributed by atoms with Gasteiger partial charge in [0.1, 0.15) is 13.1 Å². The maximum Gasteiger partial charge on any atom is 0.328 e. The van der Waals surface area contributed by atoms with Crippen molar-refractivity contribution in [2.24, 2.45) is 11.6 Å². The number of ether oxygens (including phenoxy) is 2. The van der Waals surface area contributed by atoms with Crippen molar-refractivity contribution in [1.29, 1.82) is 0 Å². The summed E-state index contributed by atoms with van der Waals surface area (Å²) in [5.41, 5.74) is 1.55. The maximum atomic E-state index is 12.2. The Hall–Kier alpha value is -1.63. The van der Waals surface area contributed by atoms with Crippen LogP contribution in [0.5, 0.6) is 0 Å². The highest BCUT2D eigenvalue weighted by atomic mass is 16.6. The predicted octanol–water partition coefficient (Wildman–Crippen LogP) is 1.14. The van der Waals surface area contributed by atoms with E-state index < -0.39 is 35.5 Å². The first kappa shape index (κ1) is 19.4. The molecule has 7 nitrogen and oxygen atoms in total. The lowest BCUT2D eigenvalue weighted by atomic mass is 10.0. The lowest BCUT2D eigenvalue weighted by Gasteiger charge is -2.22. The minimum absolute atomic E-state index is 0.0261. The van der Waals surface area contributed by atoms with E-state index in [9.17, 15) is 14.4 Å². The Morgan fingerprint density at radius 3 is 2.30 bits per heavy atom. The summed E-state index contributed by atoms with van der Waals surface area (Å²) in [6.07, 6.45) is 0.0456. The number of rotatable bonds is 9. The molecule has 0 aromatic rings. The molecule has 0 heterocycles. The smallest absolute Gasteiger partial charge is 0.328 e. The molecule has 0 aromatic heterocycles. The topological polar surface area (TPSA) is 108 Å². The Labute approximate surface area is 139 Å². The first-order chi connectivity index (χ1) is 11.0. The number of nitrogens with two attached hydrogens (primary N) is 1. The van der Waals surface area contributed by atoms with Gasteiger partial charge in [-0.25, -0.2) is 4.79 Å². The predicted molar refractivity (Wildman–Crippen MR) is 86.5 cm³/mol. The first-order valence-electron chi connectivity index (χ1n) is 8.38. The lowest BCUT2D eigenvalue weighted by Crippen LogP contribution is -2.50. The maximum absolute atomic E-state index is 12.2. The van der Waals surface area contributed by atoms with Crippen LogP contribution >= 0.6 is 0 Å². The van der Waals surface area contributed by atoms with Gasteiger partial charge in [0.15, 0.2) is 0 Å². The molecule has 3 N–H and O–H groups in total. The standard InChI is InChI=1S/C16H30N2O5/c1-7-22-15(21)11(18-14(20)13(17)10(2)3)8-9-12(19)23-16(4,5)6/h10-11,13H,7-9,17H2,1-6H3,(H,18,20)/t11-,13-/m0/s1/i/hD. The van der Waals surface area contributed by atoms with E-state index in [0.717, 1.165) is 0 Å². The number of carbonyl (C=O) groups excluding carboxylic acids is 3. The molecule has 0 aliphatic carbocycles. The molecule has 0 aliphatic rings. The normalized spacial score (nSPS) is 14.7. The Morgan fingerprint density at radius 1 is 1.26 bits per heavy atom. The van der Waals surface area contributed by atoms with Gasteiger partial charge in [-0.1, -0.05) is 13.8 Å². The summed E-state index contributed by atoms with van der Waals surface area (Å²) in [6, 6.07) is -1.72. The fourth-order valence-corrected chi connectivity index (χ4v) is 1.71. The molecule has 0 bridgehead atoms. The number of esters is 2. The van der Waals surface area contributed by atoms with Crippen molar-refractivity contribution in [3.8, 4) is 0 Å². The second-order valence-electron chi connectivity index (χ2n) is 6.66. The van der Waals surface area contributed by atoms with E-state index in [1.807, 2.05) is 0 Å². The van der Waals surface area contributed by atoms with Crippen LogP contribution in [0.2, 0.25) is 1.41 Å². The zero-order valence-electron chi connectivity index (χ0n) is 15.9. The Kier molecular flexibility index (Phi) is 8.02. The van der Waals surface area contributed by atoms with E-state index in [1.54, 1.807) is 41.5 Å². The van der Waals surface area contributed by atoms with Gasteiger partial charge in [0, 0.05) is 6.42 Å². The second-order valence-corrected chi connectivity index (χ2v) is 6.66. The molecule has 0 saturated carbocycles. The van der Waals surface area contributed by atoms with Crippen LogP contribution in [0.3, 0.4) is 0 Å². The third kappa shape index (κ3) is 9.18. The molecule has 0 unspecified atom stereocenters. The zero-order chi connectivity index (χ0) is 18.9. The molecule has 0 aromatic carbocycles. The Balaban J connectivity index is 4.84. The van der Waals surface area contributed by atoms with Crippen LogP contribution in [0.15, 0.2) is 0 Å². The van der Waals surface area contributed by atoms with Gasteiger partial charge in [0.05, 0.1) is 12.6 Å². The van der Waals surface area contributed by atoms with E-state index in [2.05, 4.69) is 11.0 Å². The molecule has 0 saturated heterocycles. The third-order valence-electron chi connectivity index (χ3n) is 2.89. The summed E-state index contributed by atoms with van der Waals surface area (Å²) in [5.74, 6) is -1.68. The third-order valence-corrected chi connectivity index (χ3v) is 2.89. The largest absolute Gasteiger partial charge is 0.464 e. The van der Waals surface area contributed by atoms with Gasteiger partial charge in [-0.2, -0.15) is 0 Å². The van der Waals surface area contributed by atoms with E-state index in [1.165, 1.54) is 0 Å². The molecule has 1 amide bonds. The molecule has 7 heteroatoms. The summed E-state index contributed by atoms with van der Waals surface area (Å²) < 4.78 is 17.4. The Morgan fingerprint density at radius 2 is 1.87 bits per heavy atom. The number of hydrogen-bond acceptors (Lipinski definition) is 6.